The molecule has 4 aromatic rings. The summed E-state index contributed by atoms with van der Waals surface area (Å²) in [4.78, 5) is 13.0. The molecule has 0 saturated heterocycles. The van der Waals surface area contributed by atoms with E-state index in [-0.39, 0.29) is 6.61 Å². The van der Waals surface area contributed by atoms with Crippen molar-refractivity contribution in [1.82, 2.24) is 25.4 Å². The number of ether oxygens (including phenoxy) is 3. The van der Waals surface area contributed by atoms with Crippen LogP contribution in [0, 0.1) is 25.2 Å². The van der Waals surface area contributed by atoms with E-state index < -0.39 is 0 Å². The van der Waals surface area contributed by atoms with Crippen LogP contribution in [0.15, 0.2) is 28.6 Å². The number of hydrogen-bond acceptors (Lipinski definition) is 10. The number of allylic oxidation sites excluding steroid dienone is 1. The van der Waals surface area contributed by atoms with E-state index in [1.165, 1.54) is 0 Å². The first-order valence-electron chi connectivity index (χ1n) is 12.6. The van der Waals surface area contributed by atoms with Gasteiger partial charge in [0.25, 0.3) is 0 Å². The third kappa shape index (κ3) is 5.07. The van der Waals surface area contributed by atoms with Gasteiger partial charge in [-0.15, -0.1) is 0 Å². The summed E-state index contributed by atoms with van der Waals surface area (Å²) in [6, 6.07) is 4.01. The topological polar surface area (TPSA) is 143 Å². The molecule has 1 aliphatic carbocycles. The molecule has 11 heteroatoms. The molecule has 11 nitrogen and oxygen atoms in total. The predicted octanol–water partition coefficient (Wildman–Crippen LogP) is 4.46. The van der Waals surface area contributed by atoms with Crippen molar-refractivity contribution in [2.24, 2.45) is 5.92 Å². The van der Waals surface area contributed by atoms with Crippen LogP contribution in [0.5, 0.6) is 5.75 Å². The molecule has 4 N–H and O–H groups in total. The van der Waals surface area contributed by atoms with Gasteiger partial charge < -0.3 is 39.8 Å². The monoisotopic (exact) mass is 519 g/mol. The number of nitrogens with one attached hydrogen (secondary N) is 4. The first-order chi connectivity index (χ1) is 18.4. The highest BCUT2D eigenvalue weighted by Crippen LogP contribution is 2.40. The molecule has 3 heterocycles. The first-order valence-corrected chi connectivity index (χ1v) is 12.6. The van der Waals surface area contributed by atoms with Crippen LogP contribution in [-0.4, -0.2) is 60.3 Å². The van der Waals surface area contributed by atoms with Crippen molar-refractivity contribution >= 4 is 33.5 Å². The van der Waals surface area contributed by atoms with Gasteiger partial charge >= 0.3 is 0 Å². The first kappa shape index (κ1) is 25.7. The predicted molar refractivity (Wildman–Crippen MR) is 146 cm³/mol. The second-order valence-corrected chi connectivity index (χ2v) is 9.34. The number of aryl methyl sites for hydroxylation is 2. The molecular formula is C27H33N7O4. The van der Waals surface area contributed by atoms with Gasteiger partial charge in [-0.05, 0) is 44.9 Å². The molecule has 0 bridgehead atoms. The van der Waals surface area contributed by atoms with Crippen LogP contribution >= 0.6 is 0 Å². The SMILES string of the molecule is CN/C(=C\C(=N)C1CC1)Nc1nc(COCCOC)nc2[nH]c3cc(-c4c(C)noc4C)c(OC)cc3c12. The van der Waals surface area contributed by atoms with E-state index in [9.17, 15) is 0 Å². The average Bonchev–Trinajstić information content (AvgIpc) is 3.63. The summed E-state index contributed by atoms with van der Waals surface area (Å²) >= 11 is 0. The second-order valence-electron chi connectivity index (χ2n) is 9.34. The number of methoxy groups -OCH3 is 2. The molecule has 1 aliphatic rings. The number of hydrogen-bond donors (Lipinski definition) is 4. The Morgan fingerprint density at radius 2 is 2.03 bits per heavy atom. The number of anilines is 1. The van der Waals surface area contributed by atoms with Gasteiger partial charge in [0.05, 0.1) is 37.0 Å². The molecule has 0 amide bonds. The van der Waals surface area contributed by atoms with Crippen molar-refractivity contribution in [2.45, 2.75) is 33.3 Å². The summed E-state index contributed by atoms with van der Waals surface area (Å²) in [6.45, 7) is 4.95. The normalized spacial score (nSPS) is 13.9. The minimum absolute atomic E-state index is 0.230. The maximum atomic E-state index is 8.37. The van der Waals surface area contributed by atoms with Gasteiger partial charge in [-0.2, -0.15) is 0 Å². The lowest BCUT2D eigenvalue weighted by Gasteiger charge is -2.13. The van der Waals surface area contributed by atoms with Crippen LogP contribution in [-0.2, 0) is 16.1 Å². The third-order valence-corrected chi connectivity index (χ3v) is 6.62. The van der Waals surface area contributed by atoms with Crippen molar-refractivity contribution in [3.05, 3.63) is 41.3 Å². The molecule has 200 valence electrons. The fourth-order valence-corrected chi connectivity index (χ4v) is 4.53. The van der Waals surface area contributed by atoms with Gasteiger partial charge in [-0.25, -0.2) is 9.97 Å². The minimum Gasteiger partial charge on any atom is -0.496 e. The zero-order chi connectivity index (χ0) is 26.8. The molecule has 0 aliphatic heterocycles. The number of nitrogens with zero attached hydrogens (tertiary/aromatic N) is 3. The Morgan fingerprint density at radius 1 is 1.21 bits per heavy atom. The molecule has 3 aromatic heterocycles. The van der Waals surface area contributed by atoms with Crippen LogP contribution < -0.4 is 15.4 Å². The van der Waals surface area contributed by atoms with E-state index in [4.69, 9.17) is 34.1 Å². The lowest BCUT2D eigenvalue weighted by molar-refractivity contribution is 0.0588. The smallest absolute Gasteiger partial charge is 0.158 e. The maximum absolute atomic E-state index is 8.37. The number of rotatable bonds is 12. The highest BCUT2D eigenvalue weighted by Gasteiger charge is 2.26. The van der Waals surface area contributed by atoms with Crippen LogP contribution in [0.4, 0.5) is 5.82 Å². The molecule has 1 fully saturated rings. The third-order valence-electron chi connectivity index (χ3n) is 6.62. The maximum Gasteiger partial charge on any atom is 0.158 e. The lowest BCUT2D eigenvalue weighted by atomic mass is 10.0. The van der Waals surface area contributed by atoms with Crippen LogP contribution in [0.2, 0.25) is 0 Å². The van der Waals surface area contributed by atoms with Gasteiger partial charge in [0.15, 0.2) is 5.82 Å². The molecule has 1 aromatic carbocycles. The Hall–Kier alpha value is -3.96. The van der Waals surface area contributed by atoms with E-state index in [2.05, 4.69) is 20.8 Å². The van der Waals surface area contributed by atoms with Gasteiger partial charge in [0, 0.05) is 42.3 Å². The van der Waals surface area contributed by atoms with Gasteiger partial charge in [0.2, 0.25) is 0 Å². The van der Waals surface area contributed by atoms with E-state index in [1.54, 1.807) is 14.2 Å². The van der Waals surface area contributed by atoms with Crippen molar-refractivity contribution in [2.75, 3.05) is 39.8 Å². The molecule has 0 atom stereocenters. The number of fused-ring (bicyclic) bond motifs is 3. The van der Waals surface area contributed by atoms with E-state index in [1.807, 2.05) is 39.1 Å². The zero-order valence-electron chi connectivity index (χ0n) is 22.3. The van der Waals surface area contributed by atoms with E-state index in [0.29, 0.717) is 53.7 Å². The highest BCUT2D eigenvalue weighted by atomic mass is 16.5. The van der Waals surface area contributed by atoms with Crippen molar-refractivity contribution < 1.29 is 18.7 Å². The molecule has 5 rings (SSSR count). The van der Waals surface area contributed by atoms with E-state index >= 15 is 0 Å². The summed E-state index contributed by atoms with van der Waals surface area (Å²) in [6.07, 6.45) is 3.94. The Balaban J connectivity index is 1.64. The largest absolute Gasteiger partial charge is 0.496 e. The molecule has 0 unspecified atom stereocenters. The van der Waals surface area contributed by atoms with E-state index in [0.717, 1.165) is 51.7 Å². The quantitative estimate of drug-likeness (QED) is 0.158. The summed E-state index contributed by atoms with van der Waals surface area (Å²) in [5.41, 5.74) is 4.69. The fraction of sp³-hybridized carbons (Fsp3) is 0.407. The average molecular weight is 520 g/mol. The molecule has 1 saturated carbocycles. The standard InChI is InChI=1S/C27H33N7O4/c1-14-24(15(2)38-34-14)18-10-20-17(11-21(18)36-5)25-26(30-20)32-23(13-37-9-8-35-4)33-27(25)31-22(29-3)12-19(28)16-6-7-16/h10-12,16,28-29H,6-9,13H2,1-5H3,(H2,30,31,32,33)/b22-12+,28-19?. The molecule has 0 spiro atoms. The highest BCUT2D eigenvalue weighted by molar-refractivity contribution is 6.13. The van der Waals surface area contributed by atoms with Crippen molar-refractivity contribution in [3.63, 3.8) is 0 Å². The van der Waals surface area contributed by atoms with Gasteiger partial charge in [0.1, 0.15) is 35.4 Å². The van der Waals surface area contributed by atoms with Crippen molar-refractivity contribution in [3.8, 4) is 16.9 Å². The molecular weight excluding hydrogens is 486 g/mol. The summed E-state index contributed by atoms with van der Waals surface area (Å²) < 4.78 is 22.0. The van der Waals surface area contributed by atoms with Crippen LogP contribution in [0.25, 0.3) is 33.1 Å². The minimum atomic E-state index is 0.230. The number of aromatic nitrogens is 4. The Bertz CT molecular complexity index is 1500. The lowest BCUT2D eigenvalue weighted by Crippen LogP contribution is -2.18. The van der Waals surface area contributed by atoms with Crippen LogP contribution in [0.1, 0.15) is 30.1 Å². The van der Waals surface area contributed by atoms with Gasteiger partial charge in [-0.1, -0.05) is 5.16 Å². The summed E-state index contributed by atoms with van der Waals surface area (Å²) in [7, 11) is 5.10. The Morgan fingerprint density at radius 3 is 2.68 bits per heavy atom. The van der Waals surface area contributed by atoms with Crippen molar-refractivity contribution in [1.29, 1.82) is 5.41 Å². The number of H-pyrrole nitrogens is 1. The van der Waals surface area contributed by atoms with Gasteiger partial charge in [-0.3, -0.25) is 0 Å². The number of benzene rings is 1. The Kier molecular flexibility index (Phi) is 7.30. The zero-order valence-corrected chi connectivity index (χ0v) is 22.3. The summed E-state index contributed by atoms with van der Waals surface area (Å²) in [5.74, 6) is 3.54. The molecule has 38 heavy (non-hydrogen) atoms. The number of aromatic amines is 1. The van der Waals surface area contributed by atoms with Crippen LogP contribution in [0.3, 0.4) is 0 Å². The second kappa shape index (κ2) is 10.8. The Labute approximate surface area is 220 Å². The summed E-state index contributed by atoms with van der Waals surface area (Å²) in [5, 5.41) is 20.7. The fourth-order valence-electron chi connectivity index (χ4n) is 4.53. The molecule has 0 radical (unpaired) electrons.